The van der Waals surface area contributed by atoms with Crippen molar-refractivity contribution in [2.45, 2.75) is 59.2 Å². The van der Waals surface area contributed by atoms with Crippen LogP contribution in [0.25, 0.3) is 38.8 Å². The number of rotatable bonds is 6. The molecule has 0 aliphatic carbocycles. The Balaban J connectivity index is 1.08. The topological polar surface area (TPSA) is 33.5 Å². The molecule has 0 saturated carbocycles. The van der Waals surface area contributed by atoms with E-state index in [-0.39, 0.29) is 16.4 Å². The molecule has 0 bridgehead atoms. The quantitative estimate of drug-likeness (QED) is 0.169. The van der Waals surface area contributed by atoms with Crippen molar-refractivity contribution in [1.29, 1.82) is 0 Å². The van der Waals surface area contributed by atoms with E-state index in [1.807, 2.05) is 59.2 Å². The van der Waals surface area contributed by atoms with Crippen molar-refractivity contribution in [3.8, 4) is 28.4 Å². The van der Waals surface area contributed by atoms with Gasteiger partial charge in [-0.2, -0.15) is 0 Å². The number of fused-ring (bicyclic) bond motifs is 4. The predicted molar refractivity (Wildman–Crippen MR) is 235 cm³/mol. The molecule has 0 amide bonds. The van der Waals surface area contributed by atoms with Crippen LogP contribution in [0.5, 0.6) is 11.5 Å². The van der Waals surface area contributed by atoms with E-state index in [1.165, 1.54) is 35.1 Å². The molecule has 0 fully saturated rings. The van der Waals surface area contributed by atoms with Crippen LogP contribution >= 0.6 is 0 Å². The van der Waals surface area contributed by atoms with E-state index in [9.17, 15) is 4.39 Å². The molecule has 6 heteroatoms. The molecule has 3 heterocycles. The van der Waals surface area contributed by atoms with E-state index in [0.29, 0.717) is 35.1 Å². The number of benzene rings is 6. The van der Waals surface area contributed by atoms with E-state index in [1.54, 1.807) is 18.2 Å². The van der Waals surface area contributed by atoms with Gasteiger partial charge in [-0.25, -0.2) is 9.37 Å². The first kappa shape index (κ1) is 32.8. The first-order chi connectivity index (χ1) is 28.5. The Labute approximate surface area is 338 Å². The third-order valence-corrected chi connectivity index (χ3v) is 11.0. The lowest BCUT2D eigenvalue weighted by atomic mass is 9.80. The second kappa shape index (κ2) is 13.7. The molecule has 0 radical (unpaired) electrons. The summed E-state index contributed by atoms with van der Waals surface area (Å²) in [5.74, 6) is 1.29. The van der Waals surface area contributed by atoms with Crippen LogP contribution in [0.3, 0.4) is 0 Å². The fourth-order valence-corrected chi connectivity index (χ4v) is 7.85. The van der Waals surface area contributed by atoms with Crippen LogP contribution in [0.1, 0.15) is 62.3 Å². The second-order valence-electron chi connectivity index (χ2n) is 17.0. The van der Waals surface area contributed by atoms with Crippen molar-refractivity contribution in [1.82, 2.24) is 9.55 Å². The van der Waals surface area contributed by atoms with E-state index in [4.69, 9.17) is 13.8 Å². The number of aryl methyl sites for hydroxylation is 1. The molecule has 0 spiro atoms. The fraction of sp³-hybridized carbons (Fsp3) is 0.196. The van der Waals surface area contributed by atoms with Crippen LogP contribution in [0.15, 0.2) is 146 Å². The highest BCUT2D eigenvalue weighted by Crippen LogP contribution is 2.46. The number of aromatic nitrogens is 2. The van der Waals surface area contributed by atoms with E-state index < -0.39 is 12.7 Å². The van der Waals surface area contributed by atoms with Gasteiger partial charge in [-0.15, -0.1) is 0 Å². The van der Waals surface area contributed by atoms with Crippen molar-refractivity contribution in [2.75, 3.05) is 16.5 Å². The molecule has 284 valence electrons. The highest BCUT2D eigenvalue weighted by atomic mass is 19.1. The molecular weight excluding hydrogens is 704 g/mol. The number of para-hydroxylation sites is 3. The van der Waals surface area contributed by atoms with Gasteiger partial charge in [-0.3, -0.25) is 4.57 Å². The van der Waals surface area contributed by atoms with Gasteiger partial charge in [0.25, 0.3) is 0 Å². The lowest BCUT2D eigenvalue weighted by Crippen LogP contribution is -2.25. The van der Waals surface area contributed by atoms with Crippen molar-refractivity contribution in [3.05, 3.63) is 168 Å². The fourth-order valence-electron chi connectivity index (χ4n) is 7.85. The Morgan fingerprint density at radius 3 is 2.00 bits per heavy atom. The first-order valence-corrected chi connectivity index (χ1v) is 19.4. The van der Waals surface area contributed by atoms with Gasteiger partial charge in [0.2, 0.25) is 0 Å². The lowest BCUT2D eigenvalue weighted by molar-refractivity contribution is 0.483. The Bertz CT molecular complexity index is 2910. The van der Waals surface area contributed by atoms with Crippen molar-refractivity contribution in [2.24, 2.45) is 0 Å². The summed E-state index contributed by atoms with van der Waals surface area (Å²) in [7, 11) is 0. The Morgan fingerprint density at radius 2 is 1.28 bits per heavy atom. The highest BCUT2D eigenvalue weighted by molar-refractivity contribution is 6.09. The monoisotopic (exact) mass is 753 g/mol. The molecular formula is C51H47FN4O. The molecule has 0 atom stereocenters. The summed E-state index contributed by atoms with van der Waals surface area (Å²) in [4.78, 5) is 9.51. The minimum atomic E-state index is -2.48. The molecule has 6 aromatic carbocycles. The number of pyridine rings is 1. The number of halogens is 1. The summed E-state index contributed by atoms with van der Waals surface area (Å²) >= 11 is 0. The standard InChI is InChI=1S/C51H47FN4O/c1-33-24-49(53-31-44(33)34-14-12-15-37(52)25-34)56-45-19-9-8-18-42(45)43-23-22-41(30-48(43)56)57-40-17-13-16-38(29-40)54-32-55(47-21-11-10-20-46(47)54)39-27-35(50(2,3)4)26-36(28-39)51(5,6)7/h8-31H,32H2,1-7H3/i1D3. The maximum Gasteiger partial charge on any atom is 0.137 e. The zero-order valence-electron chi connectivity index (χ0n) is 36.1. The molecule has 5 nitrogen and oxygen atoms in total. The second-order valence-corrected chi connectivity index (χ2v) is 17.0. The normalized spacial score (nSPS) is 14.1. The van der Waals surface area contributed by atoms with Crippen LogP contribution in [-0.4, -0.2) is 16.2 Å². The Hall–Kier alpha value is -6.40. The molecule has 9 rings (SSSR count). The number of nitrogens with zero attached hydrogens (tertiary/aromatic N) is 4. The SMILES string of the molecule is [2H]C([2H])([2H])c1cc(-n2c3ccccc3c3ccc(Oc4cccc(N5CN(c6cc(C(C)(C)C)cc(C(C)(C)C)c6)c6ccccc65)c4)cc32)ncc1-c1cccc(F)c1. The summed E-state index contributed by atoms with van der Waals surface area (Å²) in [6, 6.07) is 45.2. The largest absolute Gasteiger partial charge is 0.457 e. The van der Waals surface area contributed by atoms with Crippen LogP contribution in [0.2, 0.25) is 0 Å². The maximum absolute atomic E-state index is 14.3. The molecule has 0 saturated heterocycles. The van der Waals surface area contributed by atoms with Gasteiger partial charge >= 0.3 is 0 Å². The van der Waals surface area contributed by atoms with E-state index in [0.717, 1.165) is 38.9 Å². The smallest absolute Gasteiger partial charge is 0.137 e. The minimum Gasteiger partial charge on any atom is -0.457 e. The zero-order valence-corrected chi connectivity index (χ0v) is 33.1. The molecule has 8 aromatic rings. The zero-order chi connectivity index (χ0) is 42.1. The molecule has 0 N–H and O–H groups in total. The van der Waals surface area contributed by atoms with Gasteiger partial charge in [0.1, 0.15) is 29.8 Å². The summed E-state index contributed by atoms with van der Waals surface area (Å²) in [6.45, 7) is 11.8. The third-order valence-electron chi connectivity index (χ3n) is 11.0. The van der Waals surface area contributed by atoms with Gasteiger partial charge in [0.05, 0.1) is 22.4 Å². The lowest BCUT2D eigenvalue weighted by Gasteiger charge is -2.29. The summed E-state index contributed by atoms with van der Waals surface area (Å²) in [6.07, 6.45) is 1.53. The summed E-state index contributed by atoms with van der Waals surface area (Å²) in [5, 5.41) is 1.96. The van der Waals surface area contributed by atoms with Crippen LogP contribution in [-0.2, 0) is 10.8 Å². The Morgan fingerprint density at radius 1 is 0.614 bits per heavy atom. The summed E-state index contributed by atoms with van der Waals surface area (Å²) < 4.78 is 48.2. The third kappa shape index (κ3) is 6.69. The predicted octanol–water partition coefficient (Wildman–Crippen LogP) is 13.9. The van der Waals surface area contributed by atoms with Gasteiger partial charge in [-0.1, -0.05) is 96.1 Å². The van der Waals surface area contributed by atoms with Crippen LogP contribution in [0.4, 0.5) is 27.1 Å². The van der Waals surface area contributed by atoms with Crippen LogP contribution < -0.4 is 14.5 Å². The first-order valence-electron chi connectivity index (χ1n) is 20.9. The van der Waals surface area contributed by atoms with E-state index >= 15 is 0 Å². The molecule has 57 heavy (non-hydrogen) atoms. The number of ether oxygens (including phenoxy) is 1. The maximum atomic E-state index is 14.3. The molecule has 0 unspecified atom stereocenters. The average molecular weight is 754 g/mol. The van der Waals surface area contributed by atoms with Crippen molar-refractivity contribution in [3.63, 3.8) is 0 Å². The number of hydrogen-bond donors (Lipinski definition) is 0. The number of anilines is 4. The molecule has 1 aliphatic heterocycles. The van der Waals surface area contributed by atoms with Crippen molar-refractivity contribution >= 4 is 44.6 Å². The van der Waals surface area contributed by atoms with Crippen LogP contribution in [0, 0.1) is 12.7 Å². The van der Waals surface area contributed by atoms with Gasteiger partial charge < -0.3 is 14.5 Å². The average Bonchev–Trinajstić information content (AvgIpc) is 3.76. The van der Waals surface area contributed by atoms with Gasteiger partial charge in [0.15, 0.2) is 0 Å². The van der Waals surface area contributed by atoms with Crippen molar-refractivity contribution < 1.29 is 13.2 Å². The number of hydrogen-bond acceptors (Lipinski definition) is 4. The molecule has 2 aromatic heterocycles. The van der Waals surface area contributed by atoms with Gasteiger partial charge in [-0.05, 0) is 113 Å². The Kier molecular flexibility index (Phi) is 7.86. The summed E-state index contributed by atoms with van der Waals surface area (Å²) in [5.41, 5.74) is 9.61. The van der Waals surface area contributed by atoms with E-state index in [2.05, 4.69) is 106 Å². The highest BCUT2D eigenvalue weighted by Gasteiger charge is 2.30. The minimum absolute atomic E-state index is 0.00991. The molecule has 1 aliphatic rings. The van der Waals surface area contributed by atoms with Gasteiger partial charge in [0, 0.05) is 50.2 Å².